The summed E-state index contributed by atoms with van der Waals surface area (Å²) >= 11 is 0. The van der Waals surface area contributed by atoms with Crippen molar-refractivity contribution in [3.63, 3.8) is 0 Å². The number of carbonyl (C=O) groups excluding carboxylic acids is 2. The molecule has 2 atom stereocenters. The van der Waals surface area contributed by atoms with Crippen molar-refractivity contribution in [1.29, 1.82) is 0 Å². The highest BCUT2D eigenvalue weighted by molar-refractivity contribution is 5.98. The summed E-state index contributed by atoms with van der Waals surface area (Å²) < 4.78 is 0. The van der Waals surface area contributed by atoms with Crippen molar-refractivity contribution in [2.45, 2.75) is 57.7 Å². The summed E-state index contributed by atoms with van der Waals surface area (Å²) in [6.07, 6.45) is 2.25. The zero-order valence-electron chi connectivity index (χ0n) is 17.2. The van der Waals surface area contributed by atoms with E-state index in [0.717, 1.165) is 12.1 Å². The molecule has 2 heterocycles. The number of benzene rings is 2. The molecule has 152 valence electrons. The predicted octanol–water partition coefficient (Wildman–Crippen LogP) is 3.45. The van der Waals surface area contributed by atoms with Gasteiger partial charge in [0.15, 0.2) is 0 Å². The number of rotatable bonds is 4. The third-order valence-electron chi connectivity index (χ3n) is 6.06. The Morgan fingerprint density at radius 3 is 2.52 bits per heavy atom. The van der Waals surface area contributed by atoms with Crippen LogP contribution in [0.15, 0.2) is 48.5 Å². The first-order valence-corrected chi connectivity index (χ1v) is 10.5. The molecule has 1 saturated heterocycles. The molecule has 0 bridgehead atoms. The third-order valence-corrected chi connectivity index (χ3v) is 6.06. The molecule has 2 aliphatic rings. The van der Waals surface area contributed by atoms with Crippen LogP contribution in [0.5, 0.6) is 0 Å². The number of carbonyl (C=O) groups is 2. The minimum atomic E-state index is -0.397. The minimum Gasteiger partial charge on any atom is -0.329 e. The maximum atomic E-state index is 13.2. The van der Waals surface area contributed by atoms with E-state index in [9.17, 15) is 9.59 Å². The van der Waals surface area contributed by atoms with Crippen LogP contribution >= 0.6 is 0 Å². The molecule has 1 fully saturated rings. The molecule has 2 aliphatic heterocycles. The van der Waals surface area contributed by atoms with Gasteiger partial charge in [-0.2, -0.15) is 0 Å². The summed E-state index contributed by atoms with van der Waals surface area (Å²) in [6.45, 7) is 5.63. The highest BCUT2D eigenvalue weighted by atomic mass is 16.2. The molecule has 2 amide bonds. The second-order valence-corrected chi connectivity index (χ2v) is 8.36. The van der Waals surface area contributed by atoms with E-state index >= 15 is 0 Å². The number of hydrogen-bond donors (Lipinski definition) is 2. The number of fused-ring (bicyclic) bond motifs is 1. The Hall–Kier alpha value is -2.66. The molecule has 0 aliphatic carbocycles. The van der Waals surface area contributed by atoms with Crippen molar-refractivity contribution in [1.82, 2.24) is 10.2 Å². The number of hydrogen-bond acceptors (Lipinski definition) is 3. The van der Waals surface area contributed by atoms with E-state index in [4.69, 9.17) is 0 Å². The normalized spacial score (nSPS) is 21.1. The van der Waals surface area contributed by atoms with Crippen molar-refractivity contribution >= 4 is 17.5 Å². The first-order chi connectivity index (χ1) is 14.0. The Balaban J connectivity index is 1.42. The lowest BCUT2D eigenvalue weighted by Gasteiger charge is -2.31. The number of nitrogens with one attached hydrogen (secondary N) is 2. The molecule has 0 radical (unpaired) electrons. The molecule has 0 saturated carbocycles. The van der Waals surface area contributed by atoms with E-state index in [2.05, 4.69) is 36.6 Å². The molecule has 0 spiro atoms. The summed E-state index contributed by atoms with van der Waals surface area (Å²) in [4.78, 5) is 27.9. The summed E-state index contributed by atoms with van der Waals surface area (Å²) in [6, 6.07) is 15.5. The molecule has 5 nitrogen and oxygen atoms in total. The van der Waals surface area contributed by atoms with Crippen LogP contribution in [0.2, 0.25) is 0 Å². The van der Waals surface area contributed by atoms with Crippen molar-refractivity contribution in [2.24, 2.45) is 0 Å². The molecule has 2 aromatic rings. The van der Waals surface area contributed by atoms with Gasteiger partial charge in [0, 0.05) is 18.8 Å². The van der Waals surface area contributed by atoms with Gasteiger partial charge in [-0.15, -0.1) is 0 Å². The van der Waals surface area contributed by atoms with Crippen molar-refractivity contribution in [3.05, 3.63) is 65.2 Å². The van der Waals surface area contributed by atoms with Crippen LogP contribution in [-0.4, -0.2) is 35.3 Å². The SMILES string of the molecule is CC(C)c1ccc(NC(=O)C2CCCN2C(=O)C2Cc3ccccc3CN2)cc1. The van der Waals surface area contributed by atoms with E-state index in [1.165, 1.54) is 16.7 Å². The zero-order valence-corrected chi connectivity index (χ0v) is 17.2. The smallest absolute Gasteiger partial charge is 0.247 e. The van der Waals surface area contributed by atoms with E-state index in [1.54, 1.807) is 4.90 Å². The van der Waals surface area contributed by atoms with Crippen LogP contribution in [0.25, 0.3) is 0 Å². The van der Waals surface area contributed by atoms with Crippen LogP contribution < -0.4 is 10.6 Å². The summed E-state index contributed by atoms with van der Waals surface area (Å²) in [5.74, 6) is 0.396. The zero-order chi connectivity index (χ0) is 20.4. The summed E-state index contributed by atoms with van der Waals surface area (Å²) in [5.41, 5.74) is 4.49. The minimum absolute atomic E-state index is 0.0345. The van der Waals surface area contributed by atoms with Gasteiger partial charge in [-0.05, 0) is 54.0 Å². The molecule has 2 aromatic carbocycles. The maximum Gasteiger partial charge on any atom is 0.247 e. The molecule has 4 rings (SSSR count). The number of amides is 2. The maximum absolute atomic E-state index is 13.2. The van der Waals surface area contributed by atoms with Gasteiger partial charge in [0.1, 0.15) is 6.04 Å². The Kier molecular flexibility index (Phi) is 5.67. The van der Waals surface area contributed by atoms with Gasteiger partial charge in [0.2, 0.25) is 11.8 Å². The van der Waals surface area contributed by atoms with Gasteiger partial charge < -0.3 is 15.5 Å². The fourth-order valence-electron chi connectivity index (χ4n) is 4.31. The van der Waals surface area contributed by atoms with Gasteiger partial charge in [-0.3, -0.25) is 9.59 Å². The Morgan fingerprint density at radius 1 is 1.07 bits per heavy atom. The highest BCUT2D eigenvalue weighted by Crippen LogP contribution is 2.24. The van der Waals surface area contributed by atoms with Crippen LogP contribution in [0, 0.1) is 0 Å². The predicted molar refractivity (Wildman–Crippen MR) is 115 cm³/mol. The average Bonchev–Trinajstić information content (AvgIpc) is 3.23. The fraction of sp³-hybridized carbons (Fsp3) is 0.417. The van der Waals surface area contributed by atoms with E-state index < -0.39 is 6.04 Å². The summed E-state index contributed by atoms with van der Waals surface area (Å²) in [7, 11) is 0. The van der Waals surface area contributed by atoms with Gasteiger partial charge in [0.05, 0.1) is 6.04 Å². The Labute approximate surface area is 172 Å². The van der Waals surface area contributed by atoms with Crippen LogP contribution in [-0.2, 0) is 22.6 Å². The standard InChI is InChI=1S/C24H29N3O2/c1-16(2)17-9-11-20(12-10-17)26-23(28)22-8-5-13-27(22)24(29)21-14-18-6-3-4-7-19(18)15-25-21/h3-4,6-7,9-12,16,21-22,25H,5,8,13-15H2,1-2H3,(H,26,28). The number of anilines is 1. The van der Waals surface area contributed by atoms with Crippen LogP contribution in [0.4, 0.5) is 5.69 Å². The fourth-order valence-corrected chi connectivity index (χ4v) is 4.31. The first kappa shape index (κ1) is 19.6. The van der Waals surface area contributed by atoms with Gasteiger partial charge >= 0.3 is 0 Å². The van der Waals surface area contributed by atoms with Crippen molar-refractivity contribution < 1.29 is 9.59 Å². The van der Waals surface area contributed by atoms with Gasteiger partial charge in [0.25, 0.3) is 0 Å². The highest BCUT2D eigenvalue weighted by Gasteiger charge is 2.38. The molecule has 5 heteroatoms. The lowest BCUT2D eigenvalue weighted by atomic mass is 9.95. The average molecular weight is 392 g/mol. The third kappa shape index (κ3) is 4.20. The largest absolute Gasteiger partial charge is 0.329 e. The summed E-state index contributed by atoms with van der Waals surface area (Å²) in [5, 5.41) is 6.36. The van der Waals surface area contributed by atoms with Crippen molar-refractivity contribution in [2.75, 3.05) is 11.9 Å². The molecular formula is C24H29N3O2. The molecule has 2 N–H and O–H groups in total. The van der Waals surface area contributed by atoms with E-state index in [-0.39, 0.29) is 17.9 Å². The number of likely N-dealkylation sites (tertiary alicyclic amines) is 1. The molecule has 0 aromatic heterocycles. The Morgan fingerprint density at radius 2 is 1.79 bits per heavy atom. The lowest BCUT2D eigenvalue weighted by Crippen LogP contribution is -2.53. The quantitative estimate of drug-likeness (QED) is 0.839. The second kappa shape index (κ2) is 8.37. The molecular weight excluding hydrogens is 362 g/mol. The van der Waals surface area contributed by atoms with Crippen molar-refractivity contribution in [3.8, 4) is 0 Å². The molecule has 29 heavy (non-hydrogen) atoms. The monoisotopic (exact) mass is 391 g/mol. The second-order valence-electron chi connectivity index (χ2n) is 8.36. The van der Waals surface area contributed by atoms with Crippen LogP contribution in [0.3, 0.4) is 0 Å². The van der Waals surface area contributed by atoms with E-state index in [1.807, 2.05) is 36.4 Å². The first-order valence-electron chi connectivity index (χ1n) is 10.5. The van der Waals surface area contributed by atoms with E-state index in [0.29, 0.717) is 31.8 Å². The topological polar surface area (TPSA) is 61.4 Å². The van der Waals surface area contributed by atoms with Crippen LogP contribution in [0.1, 0.15) is 49.3 Å². The lowest BCUT2D eigenvalue weighted by molar-refractivity contribution is -0.138. The van der Waals surface area contributed by atoms with Gasteiger partial charge in [-0.25, -0.2) is 0 Å². The van der Waals surface area contributed by atoms with Gasteiger partial charge in [-0.1, -0.05) is 50.2 Å². The Bertz CT molecular complexity index is 891. The number of nitrogens with zero attached hydrogens (tertiary/aromatic N) is 1. The molecule has 2 unspecified atom stereocenters.